The molecule has 0 amide bonds. The number of benzene rings is 3. The van der Waals surface area contributed by atoms with Gasteiger partial charge in [0.25, 0.3) is 5.56 Å². The van der Waals surface area contributed by atoms with Crippen LogP contribution in [0.5, 0.6) is 5.75 Å². The molecule has 4 aromatic rings. The first-order valence-electron chi connectivity index (χ1n) is 12.3. The maximum absolute atomic E-state index is 13.7. The summed E-state index contributed by atoms with van der Waals surface area (Å²) >= 11 is 0. The fraction of sp³-hybridized carbons (Fsp3) is 0.290. The highest BCUT2D eigenvalue weighted by Crippen LogP contribution is 2.37. The molecule has 1 unspecified atom stereocenters. The topological polar surface area (TPSA) is 77.8 Å². The highest BCUT2D eigenvalue weighted by Gasteiger charge is 2.30. The lowest BCUT2D eigenvalue weighted by atomic mass is 9.91. The van der Waals surface area contributed by atoms with Gasteiger partial charge in [0.2, 0.25) is 0 Å². The van der Waals surface area contributed by atoms with E-state index < -0.39 is 12.1 Å². The van der Waals surface area contributed by atoms with E-state index in [9.17, 15) is 14.7 Å². The Morgan fingerprint density at radius 2 is 1.59 bits per heavy atom. The second kappa shape index (κ2) is 10.6. The van der Waals surface area contributed by atoms with E-state index in [0.29, 0.717) is 28.5 Å². The summed E-state index contributed by atoms with van der Waals surface area (Å²) in [5.74, 6) is -0.345. The van der Waals surface area contributed by atoms with Crippen molar-refractivity contribution in [1.29, 1.82) is 0 Å². The molecular formula is C31H33NO5. The Kier molecular flexibility index (Phi) is 7.50. The average Bonchev–Trinajstić information content (AvgIpc) is 2.87. The van der Waals surface area contributed by atoms with Gasteiger partial charge in [-0.2, -0.15) is 0 Å². The number of nitrogens with zero attached hydrogens (tertiary/aromatic N) is 1. The molecule has 1 atom stereocenters. The average molecular weight is 500 g/mol. The van der Waals surface area contributed by atoms with Crippen LogP contribution in [-0.4, -0.2) is 28.9 Å². The van der Waals surface area contributed by atoms with Crippen LogP contribution in [0.1, 0.15) is 47.9 Å². The number of carboxylic acid groups (broad SMARTS) is 1. The summed E-state index contributed by atoms with van der Waals surface area (Å²) in [5.41, 5.74) is 5.93. The minimum Gasteiger partial charge on any atom is -0.497 e. The van der Waals surface area contributed by atoms with Gasteiger partial charge in [-0.05, 0) is 85.5 Å². The lowest BCUT2D eigenvalue weighted by molar-refractivity contribution is -0.154. The zero-order chi connectivity index (χ0) is 26.9. The van der Waals surface area contributed by atoms with Gasteiger partial charge in [-0.15, -0.1) is 0 Å². The van der Waals surface area contributed by atoms with Gasteiger partial charge in [-0.25, -0.2) is 4.79 Å². The second-order valence-electron chi connectivity index (χ2n) is 9.73. The molecule has 0 aliphatic carbocycles. The molecule has 4 rings (SSSR count). The quantitative estimate of drug-likeness (QED) is 0.323. The van der Waals surface area contributed by atoms with Crippen molar-refractivity contribution in [1.82, 2.24) is 4.57 Å². The van der Waals surface area contributed by atoms with Crippen LogP contribution in [0.2, 0.25) is 0 Å². The molecule has 37 heavy (non-hydrogen) atoms. The number of aliphatic carboxylic acids is 1. The molecular weight excluding hydrogens is 466 g/mol. The van der Waals surface area contributed by atoms with Crippen LogP contribution in [0.3, 0.4) is 0 Å². The van der Waals surface area contributed by atoms with Gasteiger partial charge in [0.1, 0.15) is 5.75 Å². The lowest BCUT2D eigenvalue weighted by Crippen LogP contribution is -2.29. The minimum absolute atomic E-state index is 0.257. The molecule has 0 aliphatic rings. The standard InChI is InChI=1S/C31H33NO5/c1-18(2)37-29(31(34)35)28-27(23-11-7-19(3)20(4)15-23)25-14-10-22(17-26(25)30(33)32(28)5)16-21-8-12-24(36-6)13-9-21/h7-15,17-18,29H,16H2,1-6H3,(H,34,35). The first-order valence-corrected chi connectivity index (χ1v) is 12.3. The maximum atomic E-state index is 13.7. The van der Waals surface area contributed by atoms with Crippen LogP contribution in [0, 0.1) is 13.8 Å². The summed E-state index contributed by atoms with van der Waals surface area (Å²) < 4.78 is 12.5. The Hall–Kier alpha value is -3.90. The number of methoxy groups -OCH3 is 1. The molecule has 0 bridgehead atoms. The third kappa shape index (κ3) is 5.30. The van der Waals surface area contributed by atoms with Gasteiger partial charge >= 0.3 is 5.97 Å². The van der Waals surface area contributed by atoms with E-state index in [1.807, 2.05) is 74.5 Å². The predicted molar refractivity (Wildman–Crippen MR) is 146 cm³/mol. The molecule has 0 spiro atoms. The Labute approximate surface area is 217 Å². The van der Waals surface area contributed by atoms with E-state index >= 15 is 0 Å². The molecule has 0 radical (unpaired) electrons. The first kappa shape index (κ1) is 26.2. The number of hydrogen-bond acceptors (Lipinski definition) is 4. The molecule has 6 nitrogen and oxygen atoms in total. The number of aromatic nitrogens is 1. The van der Waals surface area contributed by atoms with E-state index in [1.165, 1.54) is 4.57 Å². The largest absolute Gasteiger partial charge is 0.497 e. The van der Waals surface area contributed by atoms with Gasteiger partial charge < -0.3 is 19.1 Å². The minimum atomic E-state index is -1.29. The van der Waals surface area contributed by atoms with Crippen molar-refractivity contribution in [3.05, 3.63) is 99.0 Å². The Balaban J connectivity index is 1.97. The maximum Gasteiger partial charge on any atom is 0.339 e. The predicted octanol–water partition coefficient (Wildman–Crippen LogP) is 5.97. The Morgan fingerprint density at radius 3 is 2.19 bits per heavy atom. The number of ether oxygens (including phenoxy) is 2. The number of carboxylic acids is 1. The highest BCUT2D eigenvalue weighted by molar-refractivity contribution is 5.99. The van der Waals surface area contributed by atoms with Crippen LogP contribution in [0.25, 0.3) is 21.9 Å². The fourth-order valence-corrected chi connectivity index (χ4v) is 4.69. The van der Waals surface area contributed by atoms with Crippen molar-refractivity contribution in [2.75, 3.05) is 7.11 Å². The highest BCUT2D eigenvalue weighted by atomic mass is 16.5. The number of hydrogen-bond donors (Lipinski definition) is 1. The van der Waals surface area contributed by atoms with E-state index in [0.717, 1.165) is 33.6 Å². The number of carbonyl (C=O) groups is 1. The molecule has 3 aromatic carbocycles. The molecule has 0 saturated heterocycles. The van der Waals surface area contributed by atoms with Crippen LogP contribution in [-0.2, 0) is 23.0 Å². The monoisotopic (exact) mass is 499 g/mol. The van der Waals surface area contributed by atoms with Crippen molar-refractivity contribution in [3.8, 4) is 16.9 Å². The van der Waals surface area contributed by atoms with Gasteiger partial charge in [0, 0.05) is 18.0 Å². The molecule has 192 valence electrons. The zero-order valence-electron chi connectivity index (χ0n) is 22.2. The molecule has 1 aromatic heterocycles. The summed E-state index contributed by atoms with van der Waals surface area (Å²) in [6, 6.07) is 19.7. The first-order chi connectivity index (χ1) is 17.6. The van der Waals surface area contributed by atoms with E-state index in [1.54, 1.807) is 28.0 Å². The summed E-state index contributed by atoms with van der Waals surface area (Å²) in [6.07, 6.45) is -0.984. The van der Waals surface area contributed by atoms with Crippen molar-refractivity contribution in [3.63, 3.8) is 0 Å². The SMILES string of the molecule is COc1ccc(Cc2ccc3c(-c4ccc(C)c(C)c4)c(C(OC(C)C)C(=O)O)n(C)c(=O)c3c2)cc1. The van der Waals surface area contributed by atoms with Crippen LogP contribution >= 0.6 is 0 Å². The van der Waals surface area contributed by atoms with Gasteiger partial charge in [-0.3, -0.25) is 4.79 Å². The third-order valence-electron chi connectivity index (χ3n) is 6.75. The van der Waals surface area contributed by atoms with Crippen molar-refractivity contribution >= 4 is 16.7 Å². The lowest BCUT2D eigenvalue weighted by Gasteiger charge is -2.24. The van der Waals surface area contributed by atoms with Crippen LogP contribution < -0.4 is 10.3 Å². The number of aryl methyl sites for hydroxylation is 2. The fourth-order valence-electron chi connectivity index (χ4n) is 4.69. The summed E-state index contributed by atoms with van der Waals surface area (Å²) in [7, 11) is 3.26. The van der Waals surface area contributed by atoms with Gasteiger partial charge in [0.05, 0.1) is 18.9 Å². The second-order valence-corrected chi connectivity index (χ2v) is 9.73. The van der Waals surface area contributed by atoms with E-state index in [2.05, 4.69) is 0 Å². The zero-order valence-corrected chi connectivity index (χ0v) is 22.2. The van der Waals surface area contributed by atoms with Crippen molar-refractivity contribution < 1.29 is 19.4 Å². The molecule has 6 heteroatoms. The number of pyridine rings is 1. The van der Waals surface area contributed by atoms with Crippen LogP contribution in [0.15, 0.2) is 65.5 Å². The third-order valence-corrected chi connectivity index (χ3v) is 6.75. The summed E-state index contributed by atoms with van der Waals surface area (Å²) in [6.45, 7) is 7.63. The Bertz CT molecular complexity index is 1520. The van der Waals surface area contributed by atoms with Crippen LogP contribution in [0.4, 0.5) is 0 Å². The van der Waals surface area contributed by atoms with Crippen molar-refractivity contribution in [2.24, 2.45) is 7.05 Å². The number of rotatable bonds is 8. The van der Waals surface area contributed by atoms with Crippen molar-refractivity contribution in [2.45, 2.75) is 46.3 Å². The number of fused-ring (bicyclic) bond motifs is 1. The summed E-state index contributed by atoms with van der Waals surface area (Å²) in [5, 5.41) is 11.4. The van der Waals surface area contributed by atoms with Gasteiger partial charge in [-0.1, -0.05) is 42.5 Å². The molecule has 1 heterocycles. The normalized spacial score (nSPS) is 12.2. The molecule has 0 aliphatic heterocycles. The molecule has 0 fully saturated rings. The van der Waals surface area contributed by atoms with Gasteiger partial charge in [0.15, 0.2) is 6.10 Å². The Morgan fingerprint density at radius 1 is 0.919 bits per heavy atom. The summed E-state index contributed by atoms with van der Waals surface area (Å²) in [4.78, 5) is 26.0. The molecule has 1 N–H and O–H groups in total. The van der Waals surface area contributed by atoms with E-state index in [4.69, 9.17) is 9.47 Å². The van der Waals surface area contributed by atoms with E-state index in [-0.39, 0.29) is 11.7 Å². The smallest absolute Gasteiger partial charge is 0.339 e. The molecule has 0 saturated carbocycles.